The van der Waals surface area contributed by atoms with Gasteiger partial charge >= 0.3 is 12.3 Å². The standard InChI is InChI=1S/C11H11F4NO4/c1-18-9(17)4-7-6(5-12)3-8(16-10(7)19-2)20-11(13,14)15/h3H,4-5H2,1-2H3. The number of halogens is 4. The second kappa shape index (κ2) is 6.40. The number of hydrogen-bond acceptors (Lipinski definition) is 5. The number of esters is 1. The van der Waals surface area contributed by atoms with Crippen LogP contribution < -0.4 is 9.47 Å². The third kappa shape index (κ3) is 4.25. The summed E-state index contributed by atoms with van der Waals surface area (Å²) in [6.07, 6.45) is -5.34. The summed E-state index contributed by atoms with van der Waals surface area (Å²) in [6, 6.07) is 0.758. The molecule has 0 aliphatic rings. The Labute approximate surface area is 111 Å². The van der Waals surface area contributed by atoms with Gasteiger partial charge in [0, 0.05) is 11.6 Å². The maximum atomic E-state index is 12.9. The molecule has 1 aromatic rings. The van der Waals surface area contributed by atoms with Crippen LogP contribution in [0.25, 0.3) is 0 Å². The molecule has 9 heteroatoms. The first-order valence-corrected chi connectivity index (χ1v) is 5.26. The average Bonchev–Trinajstić information content (AvgIpc) is 2.37. The van der Waals surface area contributed by atoms with Crippen molar-refractivity contribution in [2.45, 2.75) is 19.5 Å². The molecule has 0 atom stereocenters. The predicted molar refractivity (Wildman–Crippen MR) is 58.0 cm³/mol. The Balaban J connectivity index is 3.21. The van der Waals surface area contributed by atoms with Crippen LogP contribution in [-0.2, 0) is 22.6 Å². The molecule has 0 amide bonds. The van der Waals surface area contributed by atoms with Crippen LogP contribution in [0.15, 0.2) is 6.07 Å². The molecule has 0 saturated carbocycles. The molecule has 0 N–H and O–H groups in total. The smallest absolute Gasteiger partial charge is 0.481 e. The normalized spacial score (nSPS) is 11.1. The van der Waals surface area contributed by atoms with E-state index < -0.39 is 24.9 Å². The van der Waals surface area contributed by atoms with Crippen molar-refractivity contribution in [1.82, 2.24) is 4.98 Å². The Morgan fingerprint density at radius 3 is 2.45 bits per heavy atom. The van der Waals surface area contributed by atoms with Crippen molar-refractivity contribution in [3.63, 3.8) is 0 Å². The lowest BCUT2D eigenvalue weighted by atomic mass is 10.1. The van der Waals surface area contributed by atoms with Crippen LogP contribution in [0.5, 0.6) is 11.8 Å². The van der Waals surface area contributed by atoms with Crippen molar-refractivity contribution in [2.75, 3.05) is 14.2 Å². The second-order valence-corrected chi connectivity index (χ2v) is 3.54. The summed E-state index contributed by atoms with van der Waals surface area (Å²) in [4.78, 5) is 14.6. The maximum absolute atomic E-state index is 12.9. The number of pyridine rings is 1. The van der Waals surface area contributed by atoms with E-state index in [2.05, 4.69) is 14.5 Å². The Kier molecular flexibility index (Phi) is 5.12. The minimum atomic E-state index is -4.96. The monoisotopic (exact) mass is 297 g/mol. The van der Waals surface area contributed by atoms with Gasteiger partial charge in [-0.2, -0.15) is 4.98 Å². The first-order chi connectivity index (χ1) is 9.30. The molecule has 0 fully saturated rings. The number of hydrogen-bond donors (Lipinski definition) is 0. The molecule has 0 aromatic carbocycles. The largest absolute Gasteiger partial charge is 0.574 e. The van der Waals surface area contributed by atoms with E-state index in [0.717, 1.165) is 20.3 Å². The fraction of sp³-hybridized carbons (Fsp3) is 0.455. The zero-order valence-corrected chi connectivity index (χ0v) is 10.6. The summed E-state index contributed by atoms with van der Waals surface area (Å²) in [5.41, 5.74) is -0.183. The Bertz CT molecular complexity index is 465. The van der Waals surface area contributed by atoms with Gasteiger partial charge in [0.2, 0.25) is 11.8 Å². The van der Waals surface area contributed by atoms with E-state index in [9.17, 15) is 22.4 Å². The van der Waals surface area contributed by atoms with Gasteiger partial charge < -0.3 is 14.2 Å². The van der Waals surface area contributed by atoms with Gasteiger partial charge in [0.25, 0.3) is 0 Å². The molecule has 1 rings (SSSR count). The predicted octanol–water partition coefficient (Wildman–Crippen LogP) is 2.17. The SMILES string of the molecule is COC(=O)Cc1c(CF)cc(OC(F)(F)F)nc1OC. The van der Waals surface area contributed by atoms with Crippen molar-refractivity contribution in [1.29, 1.82) is 0 Å². The van der Waals surface area contributed by atoms with Crippen LogP contribution in [0.4, 0.5) is 17.6 Å². The average molecular weight is 297 g/mol. The van der Waals surface area contributed by atoms with Crippen LogP contribution in [0.3, 0.4) is 0 Å². The molecule has 112 valence electrons. The molecule has 0 radical (unpaired) electrons. The Hall–Kier alpha value is -2.06. The van der Waals surface area contributed by atoms with E-state index in [-0.39, 0.29) is 23.4 Å². The minimum Gasteiger partial charge on any atom is -0.481 e. The van der Waals surface area contributed by atoms with Gasteiger partial charge in [-0.25, -0.2) is 4.39 Å². The highest BCUT2D eigenvalue weighted by molar-refractivity contribution is 5.73. The van der Waals surface area contributed by atoms with Gasteiger partial charge in [0.15, 0.2) is 0 Å². The van der Waals surface area contributed by atoms with Gasteiger partial charge in [-0.1, -0.05) is 0 Å². The van der Waals surface area contributed by atoms with Crippen molar-refractivity contribution in [2.24, 2.45) is 0 Å². The first kappa shape index (κ1) is 16.0. The van der Waals surface area contributed by atoms with Crippen molar-refractivity contribution < 1.29 is 36.6 Å². The number of rotatable bonds is 5. The number of carbonyl (C=O) groups is 1. The summed E-state index contributed by atoms with van der Waals surface area (Å²) in [7, 11) is 2.25. The lowest BCUT2D eigenvalue weighted by Crippen LogP contribution is -2.19. The summed E-state index contributed by atoms with van der Waals surface area (Å²) >= 11 is 0. The number of methoxy groups -OCH3 is 2. The zero-order chi connectivity index (χ0) is 15.3. The first-order valence-electron chi connectivity index (χ1n) is 5.26. The molecular formula is C11H11F4NO4. The minimum absolute atomic E-state index is 0.0105. The van der Waals surface area contributed by atoms with E-state index in [4.69, 9.17) is 4.74 Å². The van der Waals surface area contributed by atoms with Gasteiger partial charge in [0.05, 0.1) is 20.6 Å². The molecule has 5 nitrogen and oxygen atoms in total. The molecule has 0 unspecified atom stereocenters. The third-order valence-corrected chi connectivity index (χ3v) is 2.26. The molecule has 0 saturated heterocycles. The van der Waals surface area contributed by atoms with Crippen molar-refractivity contribution in [3.05, 3.63) is 17.2 Å². The molecule has 0 aliphatic carbocycles. The van der Waals surface area contributed by atoms with E-state index in [1.807, 2.05) is 0 Å². The molecule has 0 bridgehead atoms. The van der Waals surface area contributed by atoms with Crippen LogP contribution in [0.2, 0.25) is 0 Å². The summed E-state index contributed by atoms with van der Waals surface area (Å²) in [6.45, 7) is -1.11. The lowest BCUT2D eigenvalue weighted by Gasteiger charge is -2.14. The van der Waals surface area contributed by atoms with E-state index in [1.165, 1.54) is 0 Å². The Morgan fingerprint density at radius 1 is 1.35 bits per heavy atom. The number of aromatic nitrogens is 1. The topological polar surface area (TPSA) is 57.7 Å². The highest BCUT2D eigenvalue weighted by Gasteiger charge is 2.32. The fourth-order valence-corrected chi connectivity index (χ4v) is 1.44. The number of carbonyl (C=O) groups excluding carboxylic acids is 1. The fourth-order valence-electron chi connectivity index (χ4n) is 1.44. The number of ether oxygens (including phenoxy) is 3. The summed E-state index contributed by atoms with van der Waals surface area (Å²) in [5, 5.41) is 0. The lowest BCUT2D eigenvalue weighted by molar-refractivity contribution is -0.276. The van der Waals surface area contributed by atoms with E-state index in [0.29, 0.717) is 0 Å². The quantitative estimate of drug-likeness (QED) is 0.616. The van der Waals surface area contributed by atoms with Crippen LogP contribution in [0, 0.1) is 0 Å². The highest BCUT2D eigenvalue weighted by Crippen LogP contribution is 2.29. The van der Waals surface area contributed by atoms with E-state index in [1.54, 1.807) is 0 Å². The third-order valence-electron chi connectivity index (χ3n) is 2.26. The molecule has 0 aliphatic heterocycles. The molecule has 20 heavy (non-hydrogen) atoms. The van der Waals surface area contributed by atoms with Crippen LogP contribution in [0.1, 0.15) is 11.1 Å². The number of alkyl halides is 4. The van der Waals surface area contributed by atoms with Gasteiger partial charge in [-0.15, -0.1) is 13.2 Å². The van der Waals surface area contributed by atoms with Crippen LogP contribution in [-0.4, -0.2) is 31.5 Å². The molecular weight excluding hydrogens is 286 g/mol. The summed E-state index contributed by atoms with van der Waals surface area (Å²) < 4.78 is 62.0. The van der Waals surface area contributed by atoms with E-state index >= 15 is 0 Å². The summed E-state index contributed by atoms with van der Waals surface area (Å²) in [5.74, 6) is -1.90. The molecule has 0 spiro atoms. The van der Waals surface area contributed by atoms with Crippen molar-refractivity contribution >= 4 is 5.97 Å². The maximum Gasteiger partial charge on any atom is 0.574 e. The zero-order valence-electron chi connectivity index (χ0n) is 10.6. The Morgan fingerprint density at radius 2 is 2.00 bits per heavy atom. The molecule has 1 aromatic heterocycles. The highest BCUT2D eigenvalue weighted by atomic mass is 19.4. The van der Waals surface area contributed by atoms with Crippen LogP contribution >= 0.6 is 0 Å². The van der Waals surface area contributed by atoms with Gasteiger partial charge in [-0.3, -0.25) is 4.79 Å². The van der Waals surface area contributed by atoms with Gasteiger partial charge in [0.1, 0.15) is 6.67 Å². The number of nitrogens with zero attached hydrogens (tertiary/aromatic N) is 1. The van der Waals surface area contributed by atoms with Crippen molar-refractivity contribution in [3.8, 4) is 11.8 Å². The molecule has 1 heterocycles. The second-order valence-electron chi connectivity index (χ2n) is 3.54. The van der Waals surface area contributed by atoms with Gasteiger partial charge in [-0.05, 0) is 5.56 Å².